The molecule has 0 saturated heterocycles. The lowest BCUT2D eigenvalue weighted by Crippen LogP contribution is -2.01. The molecule has 1 aromatic heterocycles. The number of nitrogens with zero attached hydrogens (tertiary/aromatic N) is 3. The fraction of sp³-hybridized carbons (Fsp3) is 0.100. The lowest BCUT2D eigenvalue weighted by atomic mass is 10.3. The van der Waals surface area contributed by atoms with Crippen LogP contribution in [0.4, 0.5) is 5.82 Å². The number of hydrogen-bond donors (Lipinski definition) is 2. The van der Waals surface area contributed by atoms with Crippen molar-refractivity contribution in [3.8, 4) is 0 Å². The maximum Gasteiger partial charge on any atom is 0.175 e. The van der Waals surface area contributed by atoms with Crippen LogP contribution < -0.4 is 5.48 Å². The number of para-hydroxylation sites is 2. The van der Waals surface area contributed by atoms with Crippen LogP contribution in [-0.4, -0.2) is 21.5 Å². The Bertz CT molecular complexity index is 510. The molecule has 0 aliphatic carbocycles. The van der Waals surface area contributed by atoms with Crippen LogP contribution in [0.3, 0.4) is 0 Å². The second-order valence-electron chi connectivity index (χ2n) is 3.01. The first-order chi connectivity index (χ1) is 7.31. The number of aromatic nitrogens is 2. The number of hydroxylamine groups is 1. The van der Waals surface area contributed by atoms with Crippen LogP contribution in [-0.2, 0) is 0 Å². The van der Waals surface area contributed by atoms with Gasteiger partial charge in [0.1, 0.15) is 6.34 Å². The van der Waals surface area contributed by atoms with Gasteiger partial charge in [0.2, 0.25) is 0 Å². The quantitative estimate of drug-likeness (QED) is 0.440. The van der Waals surface area contributed by atoms with Crippen molar-refractivity contribution < 1.29 is 5.21 Å². The third-order valence-electron chi connectivity index (χ3n) is 1.96. The van der Waals surface area contributed by atoms with Gasteiger partial charge in [-0.05, 0) is 19.1 Å². The van der Waals surface area contributed by atoms with Crippen LogP contribution >= 0.6 is 0 Å². The van der Waals surface area contributed by atoms with E-state index < -0.39 is 0 Å². The molecule has 15 heavy (non-hydrogen) atoms. The molecule has 0 atom stereocenters. The van der Waals surface area contributed by atoms with Gasteiger partial charge in [0, 0.05) is 0 Å². The first kappa shape index (κ1) is 9.54. The van der Waals surface area contributed by atoms with Crippen LogP contribution in [0.5, 0.6) is 0 Å². The van der Waals surface area contributed by atoms with Crippen molar-refractivity contribution in [1.82, 2.24) is 15.4 Å². The number of nitrogens with one attached hydrogen (secondary N) is 1. The number of benzene rings is 1. The van der Waals surface area contributed by atoms with Gasteiger partial charge in [-0.2, -0.15) is 0 Å². The van der Waals surface area contributed by atoms with Crippen molar-refractivity contribution in [2.75, 3.05) is 0 Å². The molecule has 2 N–H and O–H groups in total. The van der Waals surface area contributed by atoms with E-state index in [1.807, 2.05) is 36.7 Å². The summed E-state index contributed by atoms with van der Waals surface area (Å²) in [6, 6.07) is 7.57. The first-order valence-electron chi connectivity index (χ1n) is 4.47. The Hall–Kier alpha value is -2.01. The molecule has 1 heterocycles. The van der Waals surface area contributed by atoms with E-state index in [2.05, 4.69) is 15.0 Å². The summed E-state index contributed by atoms with van der Waals surface area (Å²) in [5.74, 6) is 0.496. The number of aryl methyl sites for hydroxylation is 1. The van der Waals surface area contributed by atoms with Crippen molar-refractivity contribution in [2.45, 2.75) is 6.92 Å². The Morgan fingerprint density at radius 2 is 1.93 bits per heavy atom. The van der Waals surface area contributed by atoms with Crippen molar-refractivity contribution in [1.29, 1.82) is 0 Å². The van der Waals surface area contributed by atoms with Crippen LogP contribution in [0.2, 0.25) is 0 Å². The minimum atomic E-state index is 0.496. The zero-order valence-corrected chi connectivity index (χ0v) is 8.18. The molecule has 2 rings (SSSR count). The Kier molecular flexibility index (Phi) is 2.55. The van der Waals surface area contributed by atoms with Crippen molar-refractivity contribution in [3.63, 3.8) is 0 Å². The molecule has 0 aliphatic rings. The summed E-state index contributed by atoms with van der Waals surface area (Å²) < 4.78 is 0. The molecule has 0 amide bonds. The van der Waals surface area contributed by atoms with Gasteiger partial charge in [-0.1, -0.05) is 12.1 Å². The molecule has 1 aromatic carbocycles. The molecule has 0 bridgehead atoms. The van der Waals surface area contributed by atoms with Gasteiger partial charge in [0.15, 0.2) is 5.82 Å². The van der Waals surface area contributed by atoms with E-state index in [9.17, 15) is 0 Å². The van der Waals surface area contributed by atoms with E-state index in [4.69, 9.17) is 5.21 Å². The lowest BCUT2D eigenvalue weighted by molar-refractivity contribution is 0.240. The number of aliphatic imine (C=N–C) groups is 1. The highest BCUT2D eigenvalue weighted by Gasteiger charge is 2.02. The molecule has 0 aliphatic heterocycles. The van der Waals surface area contributed by atoms with E-state index in [1.54, 1.807) is 0 Å². The average molecular weight is 202 g/mol. The lowest BCUT2D eigenvalue weighted by Gasteiger charge is -2.01. The van der Waals surface area contributed by atoms with Gasteiger partial charge in [0.05, 0.1) is 16.7 Å². The Morgan fingerprint density at radius 3 is 2.60 bits per heavy atom. The normalized spacial score (nSPS) is 11.1. The standard InChI is InChI=1S/C10H10N4O/c1-7-10(11-6-12-15)14-9-5-3-2-4-8(9)13-7/h2-6,15H,1H3,(H,11,12,14). The van der Waals surface area contributed by atoms with E-state index in [0.717, 1.165) is 23.1 Å². The minimum absolute atomic E-state index is 0.496. The second-order valence-corrected chi connectivity index (χ2v) is 3.01. The van der Waals surface area contributed by atoms with Crippen LogP contribution in [0.25, 0.3) is 11.0 Å². The highest BCUT2D eigenvalue weighted by atomic mass is 16.5. The fourth-order valence-corrected chi connectivity index (χ4v) is 1.29. The highest BCUT2D eigenvalue weighted by molar-refractivity contribution is 5.76. The molecule has 5 heteroatoms. The number of rotatable bonds is 2. The van der Waals surface area contributed by atoms with Crippen molar-refractivity contribution in [2.24, 2.45) is 4.99 Å². The summed E-state index contributed by atoms with van der Waals surface area (Å²) >= 11 is 0. The van der Waals surface area contributed by atoms with Gasteiger partial charge in [0.25, 0.3) is 0 Å². The highest BCUT2D eigenvalue weighted by Crippen LogP contribution is 2.17. The van der Waals surface area contributed by atoms with Crippen LogP contribution in [0.1, 0.15) is 5.69 Å². The van der Waals surface area contributed by atoms with Gasteiger partial charge >= 0.3 is 0 Å². The van der Waals surface area contributed by atoms with E-state index >= 15 is 0 Å². The van der Waals surface area contributed by atoms with Crippen LogP contribution in [0.15, 0.2) is 29.3 Å². The molecule has 76 valence electrons. The molecule has 0 fully saturated rings. The van der Waals surface area contributed by atoms with E-state index in [1.165, 1.54) is 0 Å². The Balaban J connectivity index is 2.57. The Morgan fingerprint density at radius 1 is 1.27 bits per heavy atom. The van der Waals surface area contributed by atoms with Gasteiger partial charge < -0.3 is 0 Å². The minimum Gasteiger partial charge on any atom is -0.290 e. The summed E-state index contributed by atoms with van der Waals surface area (Å²) in [4.78, 5) is 12.6. The summed E-state index contributed by atoms with van der Waals surface area (Å²) in [7, 11) is 0. The molecular weight excluding hydrogens is 192 g/mol. The average Bonchev–Trinajstić information content (AvgIpc) is 2.26. The molecule has 5 nitrogen and oxygen atoms in total. The zero-order chi connectivity index (χ0) is 10.7. The fourth-order valence-electron chi connectivity index (χ4n) is 1.29. The zero-order valence-electron chi connectivity index (χ0n) is 8.18. The van der Waals surface area contributed by atoms with Gasteiger partial charge in [-0.15, -0.1) is 0 Å². The largest absolute Gasteiger partial charge is 0.290 e. The van der Waals surface area contributed by atoms with Gasteiger partial charge in [-0.25, -0.2) is 15.0 Å². The van der Waals surface area contributed by atoms with E-state index in [-0.39, 0.29) is 0 Å². The third-order valence-corrected chi connectivity index (χ3v) is 1.96. The SMILES string of the molecule is Cc1nc2ccccc2nc1N=CNO. The summed E-state index contributed by atoms with van der Waals surface area (Å²) in [5.41, 5.74) is 4.18. The molecule has 2 aromatic rings. The maximum absolute atomic E-state index is 8.38. The van der Waals surface area contributed by atoms with Crippen molar-refractivity contribution >= 4 is 23.2 Å². The maximum atomic E-state index is 8.38. The monoisotopic (exact) mass is 202 g/mol. The second kappa shape index (κ2) is 4.02. The van der Waals surface area contributed by atoms with Gasteiger partial charge in [-0.3, -0.25) is 10.7 Å². The summed E-state index contributed by atoms with van der Waals surface area (Å²) in [5, 5.41) is 8.38. The number of hydrogen-bond acceptors (Lipinski definition) is 4. The summed E-state index contributed by atoms with van der Waals surface area (Å²) in [6.45, 7) is 1.82. The third kappa shape index (κ3) is 1.92. The first-order valence-corrected chi connectivity index (χ1v) is 4.47. The van der Waals surface area contributed by atoms with Crippen LogP contribution in [0, 0.1) is 6.92 Å². The van der Waals surface area contributed by atoms with Crippen molar-refractivity contribution in [3.05, 3.63) is 30.0 Å². The molecule has 0 radical (unpaired) electrons. The molecule has 0 saturated carbocycles. The Labute approximate surface area is 86.5 Å². The topological polar surface area (TPSA) is 70.4 Å². The predicted octanol–water partition coefficient (Wildman–Crippen LogP) is 1.58. The molecule has 0 unspecified atom stereocenters. The number of fused-ring (bicyclic) bond motifs is 1. The summed E-state index contributed by atoms with van der Waals surface area (Å²) in [6.07, 6.45) is 1.16. The smallest absolute Gasteiger partial charge is 0.175 e. The van der Waals surface area contributed by atoms with E-state index in [0.29, 0.717) is 5.82 Å². The predicted molar refractivity (Wildman–Crippen MR) is 57.3 cm³/mol. The molecule has 0 spiro atoms. The molecular formula is C10H10N4O.